The Hall–Kier alpha value is -0.172. The molecule has 17 heavy (non-hydrogen) atoms. The molecule has 0 bridgehead atoms. The van der Waals surface area contributed by atoms with Gasteiger partial charge in [-0.05, 0) is 0 Å². The zero-order valence-electron chi connectivity index (χ0n) is 11.3. The molecule has 0 saturated heterocycles. The van der Waals surface area contributed by atoms with Crippen molar-refractivity contribution in [3.63, 3.8) is 0 Å². The van der Waals surface area contributed by atoms with Crippen LogP contribution in [0.25, 0.3) is 0 Å². The zero-order chi connectivity index (χ0) is 13.1. The van der Waals surface area contributed by atoms with Crippen LogP contribution < -0.4 is 0 Å². The Morgan fingerprint density at radius 2 is 1.29 bits per heavy atom. The summed E-state index contributed by atoms with van der Waals surface area (Å²) in [4.78, 5) is 10.3. The van der Waals surface area contributed by atoms with E-state index in [4.69, 9.17) is 5.11 Å². The second kappa shape index (κ2) is 9.82. The predicted octanol–water partition coefficient (Wildman–Crippen LogP) is 4.22. The molecule has 1 N–H and O–H groups in total. The summed E-state index contributed by atoms with van der Waals surface area (Å²) < 4.78 is 11.5. The fourth-order valence-corrected chi connectivity index (χ4v) is 3.90. The number of carboxylic acid groups (broad SMARTS) is 1. The Balaban J connectivity index is 3.09. The van der Waals surface area contributed by atoms with Gasteiger partial charge >= 0.3 is 108 Å². The Bertz CT molecular complexity index is 245. The summed E-state index contributed by atoms with van der Waals surface area (Å²) in [5.74, 6) is -0.685. The van der Waals surface area contributed by atoms with Gasteiger partial charge in [-0.3, -0.25) is 0 Å². The van der Waals surface area contributed by atoms with Crippen LogP contribution in [0.15, 0.2) is 0 Å². The van der Waals surface area contributed by atoms with Crippen molar-refractivity contribution in [2.24, 2.45) is 0 Å². The molecular formula is C13H27AsO3. The van der Waals surface area contributed by atoms with Gasteiger partial charge in [0.2, 0.25) is 0 Å². The van der Waals surface area contributed by atoms with Crippen LogP contribution >= 0.6 is 0 Å². The van der Waals surface area contributed by atoms with Crippen LogP contribution in [0.4, 0.5) is 0 Å². The molecule has 0 atom stereocenters. The van der Waals surface area contributed by atoms with E-state index in [0.717, 1.165) is 30.9 Å². The number of aliphatic carboxylic acids is 1. The number of hydrogen-bond donors (Lipinski definition) is 1. The van der Waals surface area contributed by atoms with Crippen LogP contribution in [0, 0.1) is 0 Å². The van der Waals surface area contributed by atoms with Crippen molar-refractivity contribution < 1.29 is 13.6 Å². The monoisotopic (exact) mass is 306 g/mol. The first-order valence-electron chi connectivity index (χ1n) is 6.67. The first-order valence-corrected chi connectivity index (χ1v) is 12.5. The van der Waals surface area contributed by atoms with Gasteiger partial charge < -0.3 is 0 Å². The van der Waals surface area contributed by atoms with Crippen LogP contribution in [-0.2, 0) is 8.53 Å². The summed E-state index contributed by atoms with van der Waals surface area (Å²) in [5, 5.41) is 9.40. The van der Waals surface area contributed by atoms with Gasteiger partial charge in [0.15, 0.2) is 0 Å². The van der Waals surface area contributed by atoms with Crippen molar-refractivity contribution in [3.8, 4) is 0 Å². The molecule has 4 heteroatoms. The third-order valence-electron chi connectivity index (χ3n) is 2.84. The van der Waals surface area contributed by atoms with Gasteiger partial charge in [0.1, 0.15) is 0 Å². The van der Waals surface area contributed by atoms with Gasteiger partial charge in [0.25, 0.3) is 0 Å². The van der Waals surface area contributed by atoms with E-state index in [1.165, 1.54) is 25.7 Å². The van der Waals surface area contributed by atoms with Gasteiger partial charge in [-0.15, -0.1) is 0 Å². The Labute approximate surface area is 108 Å². The molecule has 0 aromatic heterocycles. The summed E-state index contributed by atoms with van der Waals surface area (Å²) in [5.41, 5.74) is 3.83. The van der Waals surface area contributed by atoms with E-state index < -0.39 is 19.5 Å². The second-order valence-electron chi connectivity index (χ2n) is 5.27. The van der Waals surface area contributed by atoms with Crippen LogP contribution in [0.3, 0.4) is 0 Å². The standard InChI is InChI=1S/C13H27AsO3/c1-14(2,17)12-10-8-6-4-3-5-7-9-11-13(15)16/h3-12H2,1-2H3,(H,15,16). The Morgan fingerprint density at radius 1 is 0.882 bits per heavy atom. The van der Waals surface area contributed by atoms with Gasteiger partial charge in [0, 0.05) is 0 Å². The van der Waals surface area contributed by atoms with Crippen LogP contribution in [0.1, 0.15) is 57.8 Å². The molecule has 0 aliphatic carbocycles. The summed E-state index contributed by atoms with van der Waals surface area (Å²) in [7, 11) is 0. The second-order valence-corrected chi connectivity index (χ2v) is 12.8. The summed E-state index contributed by atoms with van der Waals surface area (Å²) in [6, 6.07) is 0. The molecule has 0 heterocycles. The first-order chi connectivity index (χ1) is 7.92. The number of unbranched alkanes of at least 4 members (excludes halogenated alkanes) is 7. The van der Waals surface area contributed by atoms with Crippen molar-refractivity contribution in [1.82, 2.24) is 0 Å². The molecule has 0 aliphatic rings. The molecule has 0 amide bonds. The Kier molecular flexibility index (Phi) is 9.72. The maximum atomic E-state index is 11.5. The van der Waals surface area contributed by atoms with Crippen LogP contribution in [-0.4, -0.2) is 24.6 Å². The SMILES string of the molecule is C[As](C)(=O)CCCCCCCCCCC(=O)O. The predicted molar refractivity (Wildman–Crippen MR) is 72.2 cm³/mol. The van der Waals surface area contributed by atoms with Crippen molar-refractivity contribution in [2.75, 3.05) is 0 Å². The molecule has 0 aromatic carbocycles. The molecule has 102 valence electrons. The third-order valence-corrected chi connectivity index (χ3v) is 5.76. The molecule has 0 fully saturated rings. The van der Waals surface area contributed by atoms with E-state index in [1.807, 2.05) is 11.4 Å². The van der Waals surface area contributed by atoms with Crippen molar-refractivity contribution >= 4 is 19.5 Å². The molecule has 0 rings (SSSR count). The number of hydrogen-bond acceptors (Lipinski definition) is 2. The van der Waals surface area contributed by atoms with E-state index >= 15 is 0 Å². The molecule has 0 unspecified atom stereocenters. The quantitative estimate of drug-likeness (QED) is 0.459. The van der Waals surface area contributed by atoms with Crippen LogP contribution in [0.2, 0.25) is 16.6 Å². The molecule has 0 aliphatic heterocycles. The van der Waals surface area contributed by atoms with Crippen LogP contribution in [0.5, 0.6) is 0 Å². The maximum absolute atomic E-state index is 11.5. The molecule has 0 saturated carbocycles. The number of rotatable bonds is 11. The van der Waals surface area contributed by atoms with Gasteiger partial charge in [0.05, 0.1) is 0 Å². The van der Waals surface area contributed by atoms with Gasteiger partial charge in [-0.2, -0.15) is 0 Å². The van der Waals surface area contributed by atoms with E-state index in [-0.39, 0.29) is 0 Å². The molecule has 0 aromatic rings. The van der Waals surface area contributed by atoms with Crippen molar-refractivity contribution in [2.45, 2.75) is 74.4 Å². The van der Waals surface area contributed by atoms with E-state index in [2.05, 4.69) is 0 Å². The van der Waals surface area contributed by atoms with Gasteiger partial charge in [-0.25, -0.2) is 0 Å². The number of carbonyl (C=O) groups is 1. The fraction of sp³-hybridized carbons (Fsp3) is 0.923. The molecule has 0 radical (unpaired) electrons. The topological polar surface area (TPSA) is 54.4 Å². The average molecular weight is 306 g/mol. The third kappa shape index (κ3) is 15.8. The van der Waals surface area contributed by atoms with Crippen molar-refractivity contribution in [3.05, 3.63) is 0 Å². The summed E-state index contributed by atoms with van der Waals surface area (Å²) in [6.45, 7) is 0. The normalized spacial score (nSPS) is 11.6. The zero-order valence-corrected chi connectivity index (χ0v) is 13.2. The minimum absolute atomic E-state index is 0.310. The van der Waals surface area contributed by atoms with E-state index in [9.17, 15) is 8.53 Å². The Morgan fingerprint density at radius 3 is 1.71 bits per heavy atom. The minimum atomic E-state index is -2.37. The molecule has 0 spiro atoms. The number of carboxylic acids is 1. The van der Waals surface area contributed by atoms with Gasteiger partial charge in [-0.1, -0.05) is 0 Å². The van der Waals surface area contributed by atoms with E-state index in [0.29, 0.717) is 6.42 Å². The molecule has 3 nitrogen and oxygen atoms in total. The van der Waals surface area contributed by atoms with E-state index in [1.54, 1.807) is 0 Å². The summed E-state index contributed by atoms with van der Waals surface area (Å²) in [6.07, 6.45) is 9.29. The summed E-state index contributed by atoms with van der Waals surface area (Å²) >= 11 is -2.37. The molecular weight excluding hydrogens is 279 g/mol. The van der Waals surface area contributed by atoms with Crippen molar-refractivity contribution in [1.29, 1.82) is 0 Å². The first kappa shape index (κ1) is 16.8. The fourth-order valence-electron chi connectivity index (χ4n) is 1.83. The average Bonchev–Trinajstić information content (AvgIpc) is 2.18.